The molecule has 1 atom stereocenters. The largest absolute Gasteiger partial charge is 0.440 e. The van der Waals surface area contributed by atoms with Crippen LogP contribution in [0.1, 0.15) is 24.1 Å². The lowest BCUT2D eigenvalue weighted by Crippen LogP contribution is -2.33. The van der Waals surface area contributed by atoms with Crippen LogP contribution in [0, 0.1) is 6.92 Å². The number of rotatable bonds is 4. The molecule has 1 fully saturated rings. The fraction of sp³-hybridized carbons (Fsp3) is 0.318. The van der Waals surface area contributed by atoms with Crippen LogP contribution in [-0.2, 0) is 0 Å². The molecule has 4 nitrogen and oxygen atoms in total. The molecule has 2 aromatic carbocycles. The van der Waals surface area contributed by atoms with E-state index in [0.717, 1.165) is 41.4 Å². The number of thioether (sulfide) groups is 1. The van der Waals surface area contributed by atoms with E-state index in [-0.39, 0.29) is 11.5 Å². The molecule has 0 saturated carbocycles. The van der Waals surface area contributed by atoms with Crippen LogP contribution in [0.25, 0.3) is 11.0 Å². The summed E-state index contributed by atoms with van der Waals surface area (Å²) >= 11 is 1.94. The van der Waals surface area contributed by atoms with E-state index < -0.39 is 0 Å². The van der Waals surface area contributed by atoms with Crippen LogP contribution in [-0.4, -0.2) is 24.6 Å². The smallest absolute Gasteiger partial charge is 0.200 e. The Bertz CT molecular complexity index is 994. The molecule has 1 aromatic heterocycles. The van der Waals surface area contributed by atoms with Crippen LogP contribution in [0.2, 0.25) is 0 Å². The molecule has 1 saturated heterocycles. The maximum absolute atomic E-state index is 12.8. The molecule has 0 unspecified atom stereocenters. The van der Waals surface area contributed by atoms with Crippen molar-refractivity contribution >= 4 is 34.3 Å². The third kappa shape index (κ3) is 3.83. The molecular formula is C22H24N2O2S. The average Bonchev–Trinajstić information content (AvgIpc) is 2.69. The number of nitrogens with zero attached hydrogens (tertiary/aromatic N) is 1. The van der Waals surface area contributed by atoms with Crippen molar-refractivity contribution in [3.05, 3.63) is 69.9 Å². The molecule has 0 radical (unpaired) electrons. The summed E-state index contributed by atoms with van der Waals surface area (Å²) in [4.78, 5) is 15.0. The Morgan fingerprint density at radius 3 is 2.59 bits per heavy atom. The van der Waals surface area contributed by atoms with E-state index in [4.69, 9.17) is 4.42 Å². The predicted molar refractivity (Wildman–Crippen MR) is 115 cm³/mol. The van der Waals surface area contributed by atoms with Gasteiger partial charge in [-0.1, -0.05) is 24.3 Å². The zero-order valence-corrected chi connectivity index (χ0v) is 16.5. The first kappa shape index (κ1) is 18.0. The highest BCUT2D eigenvalue weighted by Crippen LogP contribution is 2.30. The fourth-order valence-electron chi connectivity index (χ4n) is 3.55. The van der Waals surface area contributed by atoms with Gasteiger partial charge in [0.05, 0.1) is 11.4 Å². The fourth-order valence-corrected chi connectivity index (χ4v) is 4.45. The van der Waals surface area contributed by atoms with Crippen molar-refractivity contribution in [1.29, 1.82) is 0 Å². The Kier molecular flexibility index (Phi) is 5.12. The van der Waals surface area contributed by atoms with Crippen molar-refractivity contribution in [2.24, 2.45) is 0 Å². The summed E-state index contributed by atoms with van der Waals surface area (Å²) in [6, 6.07) is 15.8. The van der Waals surface area contributed by atoms with Gasteiger partial charge in [-0.05, 0) is 37.6 Å². The molecule has 1 N–H and O–H groups in total. The maximum atomic E-state index is 12.8. The maximum Gasteiger partial charge on any atom is 0.200 e. The average molecular weight is 381 g/mol. The zero-order valence-electron chi connectivity index (χ0n) is 15.7. The highest BCUT2D eigenvalue weighted by molar-refractivity contribution is 7.99. The molecule has 140 valence electrons. The van der Waals surface area contributed by atoms with Gasteiger partial charge in [-0.25, -0.2) is 0 Å². The summed E-state index contributed by atoms with van der Waals surface area (Å²) in [5.74, 6) is 2.81. The SMILES string of the molecule is Cc1cc([C@@H](C)Nc2ccccc2)c2oc(N3CCSCC3)cc(=O)c2c1. The first-order valence-corrected chi connectivity index (χ1v) is 10.5. The van der Waals surface area contributed by atoms with Gasteiger partial charge in [0.15, 0.2) is 11.3 Å². The quantitative estimate of drug-likeness (QED) is 0.702. The number of benzene rings is 2. The first-order chi connectivity index (χ1) is 13.1. The number of nitrogens with one attached hydrogen (secondary N) is 1. The lowest BCUT2D eigenvalue weighted by Gasteiger charge is -2.27. The third-order valence-corrected chi connectivity index (χ3v) is 5.88. The number of hydrogen-bond acceptors (Lipinski definition) is 5. The Morgan fingerprint density at radius 1 is 1.11 bits per heavy atom. The third-order valence-electron chi connectivity index (χ3n) is 4.93. The van der Waals surface area contributed by atoms with Crippen LogP contribution >= 0.6 is 11.8 Å². The topological polar surface area (TPSA) is 45.5 Å². The van der Waals surface area contributed by atoms with Crippen LogP contribution in [0.3, 0.4) is 0 Å². The molecule has 4 rings (SSSR count). The summed E-state index contributed by atoms with van der Waals surface area (Å²) in [6.45, 7) is 5.95. The molecule has 1 aliphatic rings. The summed E-state index contributed by atoms with van der Waals surface area (Å²) in [5, 5.41) is 4.17. The monoisotopic (exact) mass is 380 g/mol. The minimum atomic E-state index is 0.0186. The molecule has 2 heterocycles. The molecule has 0 bridgehead atoms. The predicted octanol–water partition coefficient (Wildman–Crippen LogP) is 4.83. The Hall–Kier alpha value is -2.40. The van der Waals surface area contributed by atoms with Crippen molar-refractivity contribution in [1.82, 2.24) is 0 Å². The standard InChI is InChI=1S/C22H24N2O2S/c1-15-12-18(16(2)23-17-6-4-3-5-7-17)22-19(13-15)20(25)14-21(26-22)24-8-10-27-11-9-24/h3-7,12-14,16,23H,8-11H2,1-2H3/t16-/m1/s1. The van der Waals surface area contributed by atoms with E-state index in [1.165, 1.54) is 0 Å². The van der Waals surface area contributed by atoms with E-state index in [0.29, 0.717) is 16.9 Å². The molecule has 5 heteroatoms. The molecule has 0 amide bonds. The van der Waals surface area contributed by atoms with Crippen LogP contribution < -0.4 is 15.6 Å². The number of hydrogen-bond donors (Lipinski definition) is 1. The van der Waals surface area contributed by atoms with Gasteiger partial charge in [-0.2, -0.15) is 11.8 Å². The molecular weight excluding hydrogens is 356 g/mol. The molecule has 0 spiro atoms. The van der Waals surface area contributed by atoms with Gasteiger partial charge in [0.1, 0.15) is 5.58 Å². The van der Waals surface area contributed by atoms with E-state index in [2.05, 4.69) is 23.2 Å². The summed E-state index contributed by atoms with van der Waals surface area (Å²) in [5.41, 5.74) is 3.85. The van der Waals surface area contributed by atoms with Gasteiger partial charge in [0.25, 0.3) is 0 Å². The lowest BCUT2D eigenvalue weighted by molar-refractivity contribution is 0.571. The molecule has 1 aliphatic heterocycles. The highest BCUT2D eigenvalue weighted by atomic mass is 32.2. The normalized spacial score (nSPS) is 15.7. The second kappa shape index (κ2) is 7.69. The van der Waals surface area contributed by atoms with Crippen molar-refractivity contribution in [3.8, 4) is 0 Å². The summed E-state index contributed by atoms with van der Waals surface area (Å²) in [6.07, 6.45) is 0. The van der Waals surface area contributed by atoms with Crippen LogP contribution in [0.15, 0.2) is 57.7 Å². The van der Waals surface area contributed by atoms with Gasteiger partial charge in [0, 0.05) is 41.9 Å². The van der Waals surface area contributed by atoms with E-state index in [9.17, 15) is 4.79 Å². The van der Waals surface area contributed by atoms with Crippen LogP contribution in [0.5, 0.6) is 0 Å². The van der Waals surface area contributed by atoms with Crippen molar-refractivity contribution < 1.29 is 4.42 Å². The number of anilines is 2. The lowest BCUT2D eigenvalue weighted by atomic mass is 10.0. The van der Waals surface area contributed by atoms with Gasteiger partial charge in [-0.15, -0.1) is 0 Å². The van der Waals surface area contributed by atoms with Gasteiger partial charge in [-0.3, -0.25) is 4.79 Å². The molecule has 0 aliphatic carbocycles. The van der Waals surface area contributed by atoms with Crippen molar-refractivity contribution in [2.45, 2.75) is 19.9 Å². The van der Waals surface area contributed by atoms with Crippen molar-refractivity contribution in [2.75, 3.05) is 34.8 Å². The van der Waals surface area contributed by atoms with E-state index in [1.807, 2.05) is 55.1 Å². The second-order valence-corrected chi connectivity index (χ2v) is 8.24. The summed E-state index contributed by atoms with van der Waals surface area (Å²) in [7, 11) is 0. The minimum absolute atomic E-state index is 0.0186. The zero-order chi connectivity index (χ0) is 18.8. The minimum Gasteiger partial charge on any atom is -0.440 e. The molecule has 27 heavy (non-hydrogen) atoms. The Balaban J connectivity index is 1.78. The number of fused-ring (bicyclic) bond motifs is 1. The van der Waals surface area contributed by atoms with E-state index in [1.54, 1.807) is 6.07 Å². The van der Waals surface area contributed by atoms with Gasteiger partial charge >= 0.3 is 0 Å². The first-order valence-electron chi connectivity index (χ1n) is 9.34. The Labute approximate surface area is 163 Å². The molecule has 3 aromatic rings. The second-order valence-electron chi connectivity index (χ2n) is 7.01. The summed E-state index contributed by atoms with van der Waals surface area (Å²) < 4.78 is 6.30. The number of aryl methyl sites for hydroxylation is 1. The van der Waals surface area contributed by atoms with Gasteiger partial charge < -0.3 is 14.6 Å². The van der Waals surface area contributed by atoms with Crippen molar-refractivity contribution in [3.63, 3.8) is 0 Å². The van der Waals surface area contributed by atoms with Gasteiger partial charge in [0.2, 0.25) is 0 Å². The van der Waals surface area contributed by atoms with Crippen LogP contribution in [0.4, 0.5) is 11.6 Å². The number of para-hydroxylation sites is 1. The highest BCUT2D eigenvalue weighted by Gasteiger charge is 2.19. The Morgan fingerprint density at radius 2 is 1.85 bits per heavy atom. The van der Waals surface area contributed by atoms with E-state index >= 15 is 0 Å².